The lowest BCUT2D eigenvalue weighted by atomic mass is 9.88. The van der Waals surface area contributed by atoms with Gasteiger partial charge in [-0.3, -0.25) is 9.69 Å². The number of carbonyl (C=O) groups is 1. The molecule has 1 aliphatic rings. The molecule has 4 nitrogen and oxygen atoms in total. The highest BCUT2D eigenvalue weighted by molar-refractivity contribution is 5.94. The van der Waals surface area contributed by atoms with Crippen LogP contribution in [0.1, 0.15) is 46.8 Å². The van der Waals surface area contributed by atoms with Gasteiger partial charge in [0.15, 0.2) is 0 Å². The second-order valence-corrected chi connectivity index (χ2v) is 10.3. The first-order chi connectivity index (χ1) is 16.9. The van der Waals surface area contributed by atoms with Gasteiger partial charge < -0.3 is 9.64 Å². The molecule has 1 aliphatic heterocycles. The van der Waals surface area contributed by atoms with Crippen LogP contribution in [0, 0.1) is 18.8 Å². The van der Waals surface area contributed by atoms with Crippen molar-refractivity contribution in [2.75, 3.05) is 33.3 Å². The third kappa shape index (κ3) is 6.52. The fraction of sp³-hybridized carbons (Fsp3) is 0.387. The second kappa shape index (κ2) is 11.5. The van der Waals surface area contributed by atoms with Crippen LogP contribution in [-0.2, 0) is 6.54 Å². The van der Waals surface area contributed by atoms with E-state index < -0.39 is 0 Å². The number of carbonyl (C=O) groups excluding carboxylic acids is 1. The summed E-state index contributed by atoms with van der Waals surface area (Å²) in [6, 6.07) is 26.9. The van der Waals surface area contributed by atoms with Gasteiger partial charge in [-0.25, -0.2) is 0 Å². The first kappa shape index (κ1) is 25.0. The molecule has 4 heteroatoms. The van der Waals surface area contributed by atoms with E-state index in [1.54, 1.807) is 7.11 Å². The Morgan fingerprint density at radius 3 is 2.49 bits per heavy atom. The predicted molar refractivity (Wildman–Crippen MR) is 143 cm³/mol. The number of amides is 1. The molecule has 0 bridgehead atoms. The Bertz CT molecular complexity index is 1110. The highest BCUT2D eigenvalue weighted by atomic mass is 16.5. The van der Waals surface area contributed by atoms with Gasteiger partial charge in [0.2, 0.25) is 0 Å². The van der Waals surface area contributed by atoms with Gasteiger partial charge in [-0.05, 0) is 54.2 Å². The van der Waals surface area contributed by atoms with E-state index >= 15 is 0 Å². The van der Waals surface area contributed by atoms with Gasteiger partial charge in [0.25, 0.3) is 5.91 Å². The lowest BCUT2D eigenvalue weighted by Gasteiger charge is -2.30. The van der Waals surface area contributed by atoms with Gasteiger partial charge in [0.05, 0.1) is 7.11 Å². The van der Waals surface area contributed by atoms with Crippen LogP contribution < -0.4 is 4.74 Å². The summed E-state index contributed by atoms with van der Waals surface area (Å²) in [5, 5.41) is 0. The minimum absolute atomic E-state index is 0.126. The molecule has 2 unspecified atom stereocenters. The summed E-state index contributed by atoms with van der Waals surface area (Å²) in [5.41, 5.74) is 4.69. The van der Waals surface area contributed by atoms with E-state index in [9.17, 15) is 4.79 Å². The molecule has 0 aliphatic carbocycles. The molecular formula is C31H38N2O2. The molecule has 3 aromatic carbocycles. The number of aryl methyl sites for hydroxylation is 1. The maximum atomic E-state index is 13.5. The van der Waals surface area contributed by atoms with Crippen molar-refractivity contribution in [3.8, 4) is 5.75 Å². The number of hydrogen-bond donors (Lipinski definition) is 0. The number of benzene rings is 3. The Morgan fingerprint density at radius 2 is 1.77 bits per heavy atom. The summed E-state index contributed by atoms with van der Waals surface area (Å²) in [7, 11) is 1.72. The summed E-state index contributed by atoms with van der Waals surface area (Å²) < 4.78 is 5.54. The SMILES string of the molecule is COc1cccc(C2CN(Cc3cccc(C)c3)CC2CN(CC(C)C)C(=O)c2ccccc2)c1. The van der Waals surface area contributed by atoms with Gasteiger partial charge in [0.1, 0.15) is 5.75 Å². The smallest absolute Gasteiger partial charge is 0.253 e. The summed E-state index contributed by atoms with van der Waals surface area (Å²) >= 11 is 0. The average molecular weight is 471 g/mol. The maximum absolute atomic E-state index is 13.5. The van der Waals surface area contributed by atoms with Gasteiger partial charge in [-0.15, -0.1) is 0 Å². The van der Waals surface area contributed by atoms with E-state index in [1.165, 1.54) is 16.7 Å². The molecule has 35 heavy (non-hydrogen) atoms. The average Bonchev–Trinajstić information content (AvgIpc) is 3.25. The molecule has 1 saturated heterocycles. The van der Waals surface area contributed by atoms with E-state index in [4.69, 9.17) is 4.74 Å². The lowest BCUT2D eigenvalue weighted by Crippen LogP contribution is -2.39. The van der Waals surface area contributed by atoms with Crippen molar-refractivity contribution in [1.29, 1.82) is 0 Å². The predicted octanol–water partition coefficient (Wildman–Crippen LogP) is 6.02. The molecule has 3 aromatic rings. The topological polar surface area (TPSA) is 32.8 Å². The van der Waals surface area contributed by atoms with E-state index in [1.807, 2.05) is 36.4 Å². The van der Waals surface area contributed by atoms with E-state index in [0.29, 0.717) is 17.8 Å². The fourth-order valence-corrected chi connectivity index (χ4v) is 5.32. The van der Waals surface area contributed by atoms with Crippen LogP contribution >= 0.6 is 0 Å². The fourth-order valence-electron chi connectivity index (χ4n) is 5.32. The number of hydrogen-bond acceptors (Lipinski definition) is 3. The Morgan fingerprint density at radius 1 is 1.00 bits per heavy atom. The minimum Gasteiger partial charge on any atom is -0.497 e. The molecule has 4 rings (SSSR count). The third-order valence-corrected chi connectivity index (χ3v) is 6.88. The third-order valence-electron chi connectivity index (χ3n) is 6.88. The molecule has 1 heterocycles. The van der Waals surface area contributed by atoms with Gasteiger partial charge in [0, 0.05) is 44.2 Å². The Kier molecular flexibility index (Phi) is 8.25. The Labute approximate surface area is 210 Å². The van der Waals surface area contributed by atoms with E-state index in [-0.39, 0.29) is 5.91 Å². The minimum atomic E-state index is 0.126. The van der Waals surface area contributed by atoms with Crippen LogP contribution in [0.15, 0.2) is 78.9 Å². The second-order valence-electron chi connectivity index (χ2n) is 10.3. The zero-order valence-corrected chi connectivity index (χ0v) is 21.5. The molecule has 0 aromatic heterocycles. The van der Waals surface area contributed by atoms with Crippen LogP contribution in [0.3, 0.4) is 0 Å². The first-order valence-corrected chi connectivity index (χ1v) is 12.7. The van der Waals surface area contributed by atoms with Gasteiger partial charge >= 0.3 is 0 Å². The number of nitrogens with zero attached hydrogens (tertiary/aromatic N) is 2. The molecule has 0 N–H and O–H groups in total. The van der Waals surface area contributed by atoms with Crippen LogP contribution in [-0.4, -0.2) is 49.0 Å². The number of ether oxygens (including phenoxy) is 1. The maximum Gasteiger partial charge on any atom is 0.253 e. The highest BCUT2D eigenvalue weighted by Crippen LogP contribution is 2.36. The van der Waals surface area contributed by atoms with Crippen LogP contribution in [0.2, 0.25) is 0 Å². The molecule has 0 spiro atoms. The van der Waals surface area contributed by atoms with Crippen molar-refractivity contribution >= 4 is 5.91 Å². The van der Waals surface area contributed by atoms with Crippen LogP contribution in [0.4, 0.5) is 0 Å². The van der Waals surface area contributed by atoms with Crippen molar-refractivity contribution in [2.45, 2.75) is 33.2 Å². The Hall–Kier alpha value is -3.11. The van der Waals surface area contributed by atoms with Crippen molar-refractivity contribution < 1.29 is 9.53 Å². The standard InChI is InChI=1S/C31H38N2O2/c1-23(2)18-33(31(34)26-12-6-5-7-13-26)21-28-20-32(19-25-11-8-10-24(3)16-25)22-30(28)27-14-9-15-29(17-27)35-4/h5-17,23,28,30H,18-22H2,1-4H3. The molecule has 1 amide bonds. The molecule has 1 fully saturated rings. The van der Waals surface area contributed by atoms with Gasteiger partial charge in [-0.1, -0.05) is 74.0 Å². The van der Waals surface area contributed by atoms with Crippen molar-refractivity contribution in [3.05, 3.63) is 101 Å². The number of likely N-dealkylation sites (tertiary alicyclic amines) is 1. The summed E-state index contributed by atoms with van der Waals surface area (Å²) in [5.74, 6) is 2.10. The monoisotopic (exact) mass is 470 g/mol. The zero-order valence-electron chi connectivity index (χ0n) is 21.5. The van der Waals surface area contributed by atoms with E-state index in [2.05, 4.69) is 73.0 Å². The molecule has 0 saturated carbocycles. The first-order valence-electron chi connectivity index (χ1n) is 12.7. The highest BCUT2D eigenvalue weighted by Gasteiger charge is 2.36. The van der Waals surface area contributed by atoms with Crippen molar-refractivity contribution in [3.63, 3.8) is 0 Å². The van der Waals surface area contributed by atoms with Crippen molar-refractivity contribution in [2.24, 2.45) is 11.8 Å². The Balaban J connectivity index is 1.60. The summed E-state index contributed by atoms with van der Waals surface area (Å²) in [6.45, 7) is 10.9. The quantitative estimate of drug-likeness (QED) is 0.383. The zero-order chi connectivity index (χ0) is 24.8. The van der Waals surface area contributed by atoms with Crippen LogP contribution in [0.5, 0.6) is 5.75 Å². The molecule has 0 radical (unpaired) electrons. The molecular weight excluding hydrogens is 432 g/mol. The van der Waals surface area contributed by atoms with E-state index in [0.717, 1.165) is 44.0 Å². The molecule has 2 atom stereocenters. The largest absolute Gasteiger partial charge is 0.497 e. The van der Waals surface area contributed by atoms with Crippen molar-refractivity contribution in [1.82, 2.24) is 9.80 Å². The summed E-state index contributed by atoms with van der Waals surface area (Å²) in [6.07, 6.45) is 0. The van der Waals surface area contributed by atoms with Crippen LogP contribution in [0.25, 0.3) is 0 Å². The number of rotatable bonds is 9. The normalized spacial score (nSPS) is 18.1. The molecule has 184 valence electrons. The number of methoxy groups -OCH3 is 1. The summed E-state index contributed by atoms with van der Waals surface area (Å²) in [4.78, 5) is 18.1. The van der Waals surface area contributed by atoms with Gasteiger partial charge in [-0.2, -0.15) is 0 Å². The lowest BCUT2D eigenvalue weighted by molar-refractivity contribution is 0.0703.